The summed E-state index contributed by atoms with van der Waals surface area (Å²) in [7, 11) is 0. The van der Waals surface area contributed by atoms with Crippen molar-refractivity contribution in [2.24, 2.45) is 5.73 Å². The van der Waals surface area contributed by atoms with Crippen molar-refractivity contribution in [1.82, 2.24) is 0 Å². The molecule has 0 atom stereocenters. The molecule has 0 unspecified atom stereocenters. The van der Waals surface area contributed by atoms with E-state index < -0.39 is 5.54 Å². The van der Waals surface area contributed by atoms with E-state index in [-0.39, 0.29) is 5.91 Å². The van der Waals surface area contributed by atoms with Gasteiger partial charge in [0, 0.05) is 11.1 Å². The molecule has 0 fully saturated rings. The van der Waals surface area contributed by atoms with Crippen LogP contribution in [0, 0.1) is 0 Å². The van der Waals surface area contributed by atoms with E-state index in [1.165, 1.54) is 16.5 Å². The molecule has 19 heavy (non-hydrogen) atoms. The summed E-state index contributed by atoms with van der Waals surface area (Å²) < 4.78 is 0. The summed E-state index contributed by atoms with van der Waals surface area (Å²) >= 11 is 0. The van der Waals surface area contributed by atoms with Crippen LogP contribution in [0.3, 0.4) is 0 Å². The summed E-state index contributed by atoms with van der Waals surface area (Å²) in [6, 6.07) is 10.4. The third-order valence-electron chi connectivity index (χ3n) is 3.71. The Balaban J connectivity index is 2.09. The van der Waals surface area contributed by atoms with Crippen LogP contribution in [0.5, 0.6) is 0 Å². The van der Waals surface area contributed by atoms with Crippen molar-refractivity contribution in [3.8, 4) is 0 Å². The standard InChI is InChI=1S/C16H18N2O/c1-16(2,17)15(19)18-13-9-8-11-7-6-10-4-3-5-12(13)14(10)11/h3-5,8-9H,6-7,17H2,1-2H3,(H,18,19). The minimum atomic E-state index is -0.872. The van der Waals surface area contributed by atoms with Crippen LogP contribution < -0.4 is 11.1 Å². The molecular formula is C16H18N2O. The Morgan fingerprint density at radius 1 is 1.16 bits per heavy atom. The zero-order valence-electron chi connectivity index (χ0n) is 11.3. The summed E-state index contributed by atoms with van der Waals surface area (Å²) in [5.74, 6) is -0.161. The maximum atomic E-state index is 12.0. The molecule has 1 aliphatic carbocycles. The Bertz CT molecular complexity index is 658. The van der Waals surface area contributed by atoms with Gasteiger partial charge in [0.2, 0.25) is 5.91 Å². The average Bonchev–Trinajstić information content (AvgIpc) is 2.76. The van der Waals surface area contributed by atoms with E-state index in [0.717, 1.165) is 23.9 Å². The first-order valence-electron chi connectivity index (χ1n) is 6.60. The number of hydrogen-bond acceptors (Lipinski definition) is 2. The van der Waals surface area contributed by atoms with Crippen LogP contribution in [-0.4, -0.2) is 11.4 Å². The summed E-state index contributed by atoms with van der Waals surface area (Å²) in [4.78, 5) is 12.0. The van der Waals surface area contributed by atoms with E-state index in [9.17, 15) is 4.79 Å². The van der Waals surface area contributed by atoms with E-state index in [0.29, 0.717) is 0 Å². The normalized spacial score (nSPS) is 13.8. The van der Waals surface area contributed by atoms with E-state index in [2.05, 4.69) is 29.6 Å². The molecule has 1 aliphatic rings. The number of nitrogens with two attached hydrogens (primary N) is 1. The summed E-state index contributed by atoms with van der Waals surface area (Å²) in [6.07, 6.45) is 2.18. The Kier molecular flexibility index (Phi) is 2.61. The van der Waals surface area contributed by atoms with E-state index in [1.807, 2.05) is 6.07 Å². The number of hydrogen-bond donors (Lipinski definition) is 2. The first-order valence-corrected chi connectivity index (χ1v) is 6.60. The van der Waals surface area contributed by atoms with Crippen molar-refractivity contribution in [2.75, 3.05) is 5.32 Å². The fourth-order valence-corrected chi connectivity index (χ4v) is 2.64. The van der Waals surface area contributed by atoms with Gasteiger partial charge in [-0.05, 0) is 49.3 Å². The smallest absolute Gasteiger partial charge is 0.243 e. The fraction of sp³-hybridized carbons (Fsp3) is 0.312. The number of carbonyl (C=O) groups excluding carboxylic acids is 1. The lowest BCUT2D eigenvalue weighted by atomic mass is 10.0. The molecule has 3 N–H and O–H groups in total. The van der Waals surface area contributed by atoms with Crippen LogP contribution in [0.2, 0.25) is 0 Å². The molecule has 1 amide bonds. The van der Waals surface area contributed by atoms with Crippen LogP contribution in [0.25, 0.3) is 10.8 Å². The van der Waals surface area contributed by atoms with Gasteiger partial charge in [-0.1, -0.05) is 24.3 Å². The predicted octanol–water partition coefficient (Wildman–Crippen LogP) is 2.61. The van der Waals surface area contributed by atoms with Crippen LogP contribution in [0.4, 0.5) is 5.69 Å². The number of rotatable bonds is 2. The topological polar surface area (TPSA) is 55.1 Å². The molecule has 0 aromatic heterocycles. The van der Waals surface area contributed by atoms with Gasteiger partial charge >= 0.3 is 0 Å². The van der Waals surface area contributed by atoms with Crippen molar-refractivity contribution < 1.29 is 4.79 Å². The molecular weight excluding hydrogens is 236 g/mol. The molecule has 3 heteroatoms. The van der Waals surface area contributed by atoms with E-state index in [4.69, 9.17) is 5.73 Å². The molecule has 98 valence electrons. The lowest BCUT2D eigenvalue weighted by molar-refractivity contribution is -0.120. The Hall–Kier alpha value is -1.87. The van der Waals surface area contributed by atoms with Gasteiger partial charge in [-0.15, -0.1) is 0 Å². The molecule has 0 bridgehead atoms. The highest BCUT2D eigenvalue weighted by Crippen LogP contribution is 2.35. The van der Waals surface area contributed by atoms with Crippen molar-refractivity contribution in [3.63, 3.8) is 0 Å². The van der Waals surface area contributed by atoms with Crippen LogP contribution in [0.1, 0.15) is 25.0 Å². The number of aryl methyl sites for hydroxylation is 2. The second-order valence-corrected chi connectivity index (χ2v) is 5.79. The van der Waals surface area contributed by atoms with Crippen LogP contribution in [-0.2, 0) is 17.6 Å². The largest absolute Gasteiger partial charge is 0.324 e. The molecule has 2 aromatic rings. The maximum Gasteiger partial charge on any atom is 0.243 e. The summed E-state index contributed by atoms with van der Waals surface area (Å²) in [5, 5.41) is 5.36. The Morgan fingerprint density at radius 3 is 2.53 bits per heavy atom. The van der Waals surface area contributed by atoms with Crippen molar-refractivity contribution in [3.05, 3.63) is 41.5 Å². The average molecular weight is 254 g/mol. The highest BCUT2D eigenvalue weighted by atomic mass is 16.2. The number of amides is 1. The molecule has 0 heterocycles. The summed E-state index contributed by atoms with van der Waals surface area (Å²) in [5.41, 5.74) is 8.55. The minimum Gasteiger partial charge on any atom is -0.324 e. The van der Waals surface area contributed by atoms with Gasteiger partial charge in [-0.3, -0.25) is 4.79 Å². The minimum absolute atomic E-state index is 0.161. The highest BCUT2D eigenvalue weighted by molar-refractivity contribution is 6.07. The molecule has 0 saturated heterocycles. The maximum absolute atomic E-state index is 12.0. The van der Waals surface area contributed by atoms with Gasteiger partial charge in [0.05, 0.1) is 5.54 Å². The van der Waals surface area contributed by atoms with Gasteiger partial charge in [0.15, 0.2) is 0 Å². The molecule has 0 radical (unpaired) electrons. The van der Waals surface area contributed by atoms with Gasteiger partial charge in [0.25, 0.3) is 0 Å². The number of benzene rings is 2. The highest BCUT2D eigenvalue weighted by Gasteiger charge is 2.23. The molecule has 0 aliphatic heterocycles. The third kappa shape index (κ3) is 2.00. The van der Waals surface area contributed by atoms with Gasteiger partial charge in [0.1, 0.15) is 0 Å². The second kappa shape index (κ2) is 4.07. The molecule has 0 spiro atoms. The van der Waals surface area contributed by atoms with E-state index >= 15 is 0 Å². The number of carbonyl (C=O) groups is 1. The predicted molar refractivity (Wildman–Crippen MR) is 78.3 cm³/mol. The Labute approximate surface area is 112 Å². The van der Waals surface area contributed by atoms with Gasteiger partial charge in [-0.25, -0.2) is 0 Å². The number of nitrogens with one attached hydrogen (secondary N) is 1. The monoisotopic (exact) mass is 254 g/mol. The summed E-state index contributed by atoms with van der Waals surface area (Å²) in [6.45, 7) is 3.42. The van der Waals surface area contributed by atoms with Crippen molar-refractivity contribution in [1.29, 1.82) is 0 Å². The third-order valence-corrected chi connectivity index (χ3v) is 3.71. The SMILES string of the molecule is CC(C)(N)C(=O)Nc1ccc2c3c(cccc13)CC2. The zero-order valence-corrected chi connectivity index (χ0v) is 11.3. The van der Waals surface area contributed by atoms with Crippen molar-refractivity contribution in [2.45, 2.75) is 32.2 Å². The quantitative estimate of drug-likeness (QED) is 0.865. The second-order valence-electron chi connectivity index (χ2n) is 5.79. The molecule has 3 nitrogen and oxygen atoms in total. The van der Waals surface area contributed by atoms with Gasteiger partial charge in [-0.2, -0.15) is 0 Å². The first kappa shape index (κ1) is 12.2. The molecule has 3 rings (SSSR count). The fourth-order valence-electron chi connectivity index (χ4n) is 2.64. The Morgan fingerprint density at radius 2 is 1.84 bits per heavy atom. The first-order chi connectivity index (χ1) is 8.97. The van der Waals surface area contributed by atoms with Crippen molar-refractivity contribution >= 4 is 22.4 Å². The molecule has 2 aromatic carbocycles. The van der Waals surface area contributed by atoms with Crippen LogP contribution >= 0.6 is 0 Å². The van der Waals surface area contributed by atoms with Gasteiger partial charge < -0.3 is 11.1 Å². The molecule has 0 saturated carbocycles. The van der Waals surface area contributed by atoms with Crippen LogP contribution in [0.15, 0.2) is 30.3 Å². The van der Waals surface area contributed by atoms with E-state index in [1.54, 1.807) is 13.8 Å². The lowest BCUT2D eigenvalue weighted by Crippen LogP contribution is -2.45. The lowest BCUT2D eigenvalue weighted by Gasteiger charge is -2.19. The zero-order chi connectivity index (χ0) is 13.6. The number of anilines is 1.